The average molecular weight is 304 g/mol. The van der Waals surface area contributed by atoms with Gasteiger partial charge in [-0.25, -0.2) is 0 Å². The third-order valence-corrected chi connectivity index (χ3v) is 1.95. The van der Waals surface area contributed by atoms with Gasteiger partial charge in [-0.2, -0.15) is 0 Å². The van der Waals surface area contributed by atoms with Gasteiger partial charge in [0, 0.05) is 13.8 Å². The molecule has 0 spiro atoms. The lowest BCUT2D eigenvalue weighted by Crippen LogP contribution is -2.35. The second kappa shape index (κ2) is 8.37. The summed E-state index contributed by atoms with van der Waals surface area (Å²) in [4.78, 5) is 20.8. The van der Waals surface area contributed by atoms with Crippen LogP contribution in [0.4, 0.5) is 0 Å². The highest BCUT2D eigenvalue weighted by atomic mass is 16.6. The van der Waals surface area contributed by atoms with Crippen molar-refractivity contribution >= 4 is 11.9 Å². The topological polar surface area (TPSA) is 72.8 Å². The molecular weight excluding hydrogens is 272 g/mol. The van der Waals surface area contributed by atoms with Gasteiger partial charge >= 0.3 is 11.9 Å². The lowest BCUT2D eigenvalue weighted by atomic mass is 9.83. The Labute approximate surface area is 129 Å². The first-order chi connectivity index (χ1) is 9.04. The molecule has 1 N–H and O–H groups in total. The van der Waals surface area contributed by atoms with Crippen LogP contribution in [0.15, 0.2) is 0 Å². The molecule has 0 bridgehead atoms. The second-order valence-electron chi connectivity index (χ2n) is 7.72. The minimum Gasteiger partial charge on any atom is -0.463 e. The molecule has 0 saturated heterocycles. The third-order valence-electron chi connectivity index (χ3n) is 1.95. The van der Waals surface area contributed by atoms with Gasteiger partial charge in [-0.1, -0.05) is 20.8 Å². The van der Waals surface area contributed by atoms with E-state index in [-0.39, 0.29) is 29.6 Å². The predicted molar refractivity (Wildman–Crippen MR) is 82.8 cm³/mol. The summed E-state index contributed by atoms with van der Waals surface area (Å²) in [5, 5.41) is 9.82. The van der Waals surface area contributed by atoms with E-state index in [4.69, 9.17) is 9.47 Å². The molecule has 1 unspecified atom stereocenters. The van der Waals surface area contributed by atoms with Gasteiger partial charge in [0.2, 0.25) is 0 Å². The summed E-state index contributed by atoms with van der Waals surface area (Å²) in [6.07, 6.45) is 0.604. The molecule has 0 rings (SSSR count). The zero-order valence-electron chi connectivity index (χ0n) is 15.0. The maximum absolute atomic E-state index is 10.5. The SMILES string of the molecule is CC(=O)OC(C)(C)C.CC(=O)OCC(C)(O)CC(C)(C)C. The second-order valence-corrected chi connectivity index (χ2v) is 7.72. The summed E-state index contributed by atoms with van der Waals surface area (Å²) in [6.45, 7) is 16.1. The highest BCUT2D eigenvalue weighted by Gasteiger charge is 2.28. The van der Waals surface area contributed by atoms with Crippen LogP contribution in [0.3, 0.4) is 0 Å². The maximum atomic E-state index is 10.5. The van der Waals surface area contributed by atoms with Crippen molar-refractivity contribution in [1.82, 2.24) is 0 Å². The molecule has 0 fully saturated rings. The van der Waals surface area contributed by atoms with Crippen molar-refractivity contribution in [2.75, 3.05) is 6.61 Å². The molecule has 0 amide bonds. The van der Waals surface area contributed by atoms with Crippen LogP contribution in [-0.2, 0) is 19.1 Å². The van der Waals surface area contributed by atoms with Crippen LogP contribution in [0.5, 0.6) is 0 Å². The van der Waals surface area contributed by atoms with E-state index in [2.05, 4.69) is 0 Å². The summed E-state index contributed by atoms with van der Waals surface area (Å²) in [5.74, 6) is -0.577. The van der Waals surface area contributed by atoms with E-state index >= 15 is 0 Å². The maximum Gasteiger partial charge on any atom is 0.303 e. The van der Waals surface area contributed by atoms with E-state index in [9.17, 15) is 14.7 Å². The lowest BCUT2D eigenvalue weighted by Gasteiger charge is -2.30. The smallest absolute Gasteiger partial charge is 0.303 e. The quantitative estimate of drug-likeness (QED) is 0.811. The number of carbonyl (C=O) groups is 2. The fraction of sp³-hybridized carbons (Fsp3) is 0.875. The fourth-order valence-corrected chi connectivity index (χ4v) is 1.88. The number of hydrogen-bond donors (Lipinski definition) is 1. The Kier molecular flexibility index (Phi) is 8.84. The molecule has 5 heteroatoms. The van der Waals surface area contributed by atoms with Gasteiger partial charge in [0.05, 0.1) is 5.60 Å². The molecule has 1 atom stereocenters. The summed E-state index contributed by atoms with van der Waals surface area (Å²) >= 11 is 0. The lowest BCUT2D eigenvalue weighted by molar-refractivity contribution is -0.152. The van der Waals surface area contributed by atoms with Crippen LogP contribution < -0.4 is 0 Å². The first-order valence-electron chi connectivity index (χ1n) is 7.09. The molecule has 5 nitrogen and oxygen atoms in total. The van der Waals surface area contributed by atoms with Crippen molar-refractivity contribution in [2.24, 2.45) is 5.41 Å². The Morgan fingerprint density at radius 2 is 1.33 bits per heavy atom. The van der Waals surface area contributed by atoms with Gasteiger partial charge in [0.25, 0.3) is 0 Å². The van der Waals surface area contributed by atoms with Gasteiger partial charge < -0.3 is 14.6 Å². The van der Waals surface area contributed by atoms with E-state index in [1.54, 1.807) is 6.92 Å². The highest BCUT2D eigenvalue weighted by molar-refractivity contribution is 5.66. The number of esters is 2. The van der Waals surface area contributed by atoms with Crippen LogP contribution in [0, 0.1) is 5.41 Å². The zero-order chi connectivity index (χ0) is 17.5. The van der Waals surface area contributed by atoms with E-state index < -0.39 is 5.60 Å². The standard InChI is InChI=1S/C10H20O3.C6H12O2/c1-8(11)13-7-10(5,12)6-9(2,3)4;1-5(7)8-6(2,3)4/h12H,6-7H2,1-5H3;1-4H3. The zero-order valence-corrected chi connectivity index (χ0v) is 15.0. The van der Waals surface area contributed by atoms with E-state index in [1.165, 1.54) is 13.8 Å². The van der Waals surface area contributed by atoms with Crippen LogP contribution in [0.1, 0.15) is 68.7 Å². The summed E-state index contributed by atoms with van der Waals surface area (Å²) in [6, 6.07) is 0. The molecule has 126 valence electrons. The Hall–Kier alpha value is -1.10. The van der Waals surface area contributed by atoms with Crippen LogP contribution in [0.25, 0.3) is 0 Å². The largest absolute Gasteiger partial charge is 0.463 e. The Morgan fingerprint density at radius 1 is 0.905 bits per heavy atom. The minimum absolute atomic E-state index is 0.0314. The number of hydrogen-bond acceptors (Lipinski definition) is 5. The van der Waals surface area contributed by atoms with Crippen LogP contribution in [0.2, 0.25) is 0 Å². The Balaban J connectivity index is 0. The van der Waals surface area contributed by atoms with Gasteiger partial charge in [-0.15, -0.1) is 0 Å². The Morgan fingerprint density at radius 3 is 1.52 bits per heavy atom. The van der Waals surface area contributed by atoms with E-state index in [0.29, 0.717) is 6.42 Å². The molecular formula is C16H32O5. The van der Waals surface area contributed by atoms with E-state index in [0.717, 1.165) is 0 Å². The fourth-order valence-electron chi connectivity index (χ4n) is 1.88. The molecule has 0 radical (unpaired) electrons. The minimum atomic E-state index is -0.927. The van der Waals surface area contributed by atoms with Gasteiger partial charge in [-0.3, -0.25) is 9.59 Å². The van der Waals surface area contributed by atoms with Crippen molar-refractivity contribution in [2.45, 2.75) is 79.9 Å². The first kappa shape index (κ1) is 22.2. The van der Waals surface area contributed by atoms with Crippen LogP contribution >= 0.6 is 0 Å². The van der Waals surface area contributed by atoms with Crippen molar-refractivity contribution < 1.29 is 24.2 Å². The molecule has 21 heavy (non-hydrogen) atoms. The highest BCUT2D eigenvalue weighted by Crippen LogP contribution is 2.27. The number of rotatable bonds is 3. The van der Waals surface area contributed by atoms with Crippen molar-refractivity contribution in [3.63, 3.8) is 0 Å². The summed E-state index contributed by atoms with van der Waals surface area (Å²) in [7, 11) is 0. The third kappa shape index (κ3) is 21.4. The first-order valence-corrected chi connectivity index (χ1v) is 7.09. The normalized spacial score (nSPS) is 14.4. The monoisotopic (exact) mass is 304 g/mol. The average Bonchev–Trinajstić information content (AvgIpc) is 2.07. The van der Waals surface area contributed by atoms with E-state index in [1.807, 2.05) is 41.5 Å². The summed E-state index contributed by atoms with van der Waals surface area (Å²) < 4.78 is 9.56. The number of ether oxygens (including phenoxy) is 2. The molecule has 0 aliphatic carbocycles. The van der Waals surface area contributed by atoms with Crippen molar-refractivity contribution in [3.8, 4) is 0 Å². The molecule has 0 heterocycles. The van der Waals surface area contributed by atoms with Crippen LogP contribution in [-0.4, -0.2) is 34.9 Å². The summed E-state index contributed by atoms with van der Waals surface area (Å²) in [5.41, 5.74) is -1.22. The molecule has 0 aromatic heterocycles. The number of carbonyl (C=O) groups excluding carboxylic acids is 2. The van der Waals surface area contributed by atoms with Crippen molar-refractivity contribution in [3.05, 3.63) is 0 Å². The molecule has 0 aliphatic heterocycles. The molecule has 0 aromatic carbocycles. The molecule has 0 saturated carbocycles. The van der Waals surface area contributed by atoms with Crippen molar-refractivity contribution in [1.29, 1.82) is 0 Å². The predicted octanol–water partition coefficient (Wildman–Crippen LogP) is 3.08. The number of aliphatic hydroxyl groups is 1. The molecule has 0 aliphatic rings. The van der Waals surface area contributed by atoms with Gasteiger partial charge in [0.15, 0.2) is 0 Å². The molecule has 0 aromatic rings. The Bertz CT molecular complexity index is 332. The van der Waals surface area contributed by atoms with Gasteiger partial charge in [-0.05, 0) is 39.5 Å². The van der Waals surface area contributed by atoms with Gasteiger partial charge in [0.1, 0.15) is 12.2 Å².